The maximum absolute atomic E-state index is 11.9. The number of halogens is 1. The molecule has 0 radical (unpaired) electrons. The van der Waals surface area contributed by atoms with Gasteiger partial charge in [0.05, 0.1) is 4.92 Å². The van der Waals surface area contributed by atoms with Crippen LogP contribution in [-0.2, 0) is 0 Å². The molecule has 0 bridgehead atoms. The molecule has 0 atom stereocenters. The van der Waals surface area contributed by atoms with Crippen LogP contribution in [0.3, 0.4) is 0 Å². The van der Waals surface area contributed by atoms with Gasteiger partial charge in [-0.1, -0.05) is 24.4 Å². The zero-order valence-electron chi connectivity index (χ0n) is 10.8. The predicted molar refractivity (Wildman–Crippen MR) is 73.8 cm³/mol. The molecule has 1 aromatic heterocycles. The molecule has 0 aliphatic heterocycles. The summed E-state index contributed by atoms with van der Waals surface area (Å²) in [6.45, 7) is 0.579. The summed E-state index contributed by atoms with van der Waals surface area (Å²) in [7, 11) is 0. The van der Waals surface area contributed by atoms with Crippen LogP contribution in [0.1, 0.15) is 36.0 Å². The van der Waals surface area contributed by atoms with Crippen LogP contribution in [0.15, 0.2) is 12.3 Å². The highest BCUT2D eigenvalue weighted by atomic mass is 35.5. The van der Waals surface area contributed by atoms with Crippen LogP contribution in [0.2, 0.25) is 5.15 Å². The molecule has 0 aromatic carbocycles. The van der Waals surface area contributed by atoms with E-state index in [4.69, 9.17) is 16.7 Å². The number of aliphatic hydroxyl groups excluding tert-OH is 1. The smallest absolute Gasteiger partial charge is 0.319 e. The zero-order chi connectivity index (χ0) is 15.0. The van der Waals surface area contributed by atoms with E-state index in [0.717, 1.165) is 25.7 Å². The number of aliphatic hydroxyl groups is 1. The summed E-state index contributed by atoms with van der Waals surface area (Å²) in [5, 5.41) is 21.8. The molecule has 0 aliphatic rings. The normalized spacial score (nSPS) is 10.3. The highest BCUT2D eigenvalue weighted by molar-refractivity contribution is 6.32. The SMILES string of the molecule is O=C(NCCCCCCO)c1ccnc(Cl)c1[N+](=O)[O-]. The van der Waals surface area contributed by atoms with E-state index in [1.165, 1.54) is 12.3 Å². The van der Waals surface area contributed by atoms with Gasteiger partial charge in [0, 0.05) is 19.3 Å². The number of hydrogen-bond acceptors (Lipinski definition) is 5. The van der Waals surface area contributed by atoms with Gasteiger partial charge in [-0.25, -0.2) is 4.98 Å². The highest BCUT2D eigenvalue weighted by Gasteiger charge is 2.24. The molecule has 7 nitrogen and oxygen atoms in total. The van der Waals surface area contributed by atoms with Gasteiger partial charge in [0.15, 0.2) is 0 Å². The van der Waals surface area contributed by atoms with Crippen LogP contribution in [0.5, 0.6) is 0 Å². The van der Waals surface area contributed by atoms with Crippen molar-refractivity contribution in [2.24, 2.45) is 0 Å². The van der Waals surface area contributed by atoms with Crippen molar-refractivity contribution in [2.75, 3.05) is 13.2 Å². The second-order valence-electron chi connectivity index (χ2n) is 4.15. The molecule has 1 amide bonds. The molecule has 0 spiro atoms. The molecule has 0 fully saturated rings. The number of carbonyl (C=O) groups is 1. The minimum Gasteiger partial charge on any atom is -0.396 e. The van der Waals surface area contributed by atoms with Crippen molar-refractivity contribution in [3.8, 4) is 0 Å². The Morgan fingerprint density at radius 2 is 2.10 bits per heavy atom. The Labute approximate surface area is 121 Å². The molecular formula is C12H16ClN3O4. The Balaban J connectivity index is 2.56. The maximum atomic E-state index is 11.9. The van der Waals surface area contributed by atoms with Crippen molar-refractivity contribution in [3.05, 3.63) is 33.1 Å². The number of nitro groups is 1. The lowest BCUT2D eigenvalue weighted by molar-refractivity contribution is -0.385. The third kappa shape index (κ3) is 4.75. The Bertz CT molecular complexity index is 482. The first-order valence-electron chi connectivity index (χ1n) is 6.26. The summed E-state index contributed by atoms with van der Waals surface area (Å²) in [4.78, 5) is 25.6. The van der Waals surface area contributed by atoms with Gasteiger partial charge in [0.1, 0.15) is 5.56 Å². The molecule has 8 heteroatoms. The molecule has 1 rings (SSSR count). The maximum Gasteiger partial charge on any atom is 0.319 e. The predicted octanol–water partition coefficient (Wildman–Crippen LogP) is 1.93. The van der Waals surface area contributed by atoms with E-state index >= 15 is 0 Å². The van der Waals surface area contributed by atoms with Crippen molar-refractivity contribution < 1.29 is 14.8 Å². The largest absolute Gasteiger partial charge is 0.396 e. The van der Waals surface area contributed by atoms with Crippen molar-refractivity contribution in [3.63, 3.8) is 0 Å². The van der Waals surface area contributed by atoms with Crippen LogP contribution >= 0.6 is 11.6 Å². The lowest BCUT2D eigenvalue weighted by Crippen LogP contribution is -2.25. The fourth-order valence-corrected chi connectivity index (χ4v) is 1.90. The summed E-state index contributed by atoms with van der Waals surface area (Å²) in [5.41, 5.74) is -0.572. The van der Waals surface area contributed by atoms with E-state index in [1.807, 2.05) is 0 Å². The van der Waals surface area contributed by atoms with Gasteiger partial charge < -0.3 is 10.4 Å². The van der Waals surface area contributed by atoms with E-state index < -0.39 is 16.5 Å². The number of nitrogens with zero attached hydrogens (tertiary/aromatic N) is 2. The zero-order valence-corrected chi connectivity index (χ0v) is 11.6. The average Bonchev–Trinajstić information content (AvgIpc) is 2.41. The van der Waals surface area contributed by atoms with E-state index in [9.17, 15) is 14.9 Å². The molecule has 0 saturated heterocycles. The number of carbonyl (C=O) groups excluding carboxylic acids is 1. The molecule has 1 aromatic rings. The fourth-order valence-electron chi connectivity index (χ4n) is 1.67. The molecule has 0 unspecified atom stereocenters. The first kappa shape index (κ1) is 16.3. The average molecular weight is 302 g/mol. The van der Waals surface area contributed by atoms with Gasteiger partial charge in [-0.2, -0.15) is 0 Å². The Hall–Kier alpha value is -1.73. The minimum absolute atomic E-state index is 0.0923. The van der Waals surface area contributed by atoms with Gasteiger partial charge in [-0.15, -0.1) is 0 Å². The molecular weight excluding hydrogens is 286 g/mol. The van der Waals surface area contributed by atoms with Crippen LogP contribution in [0.4, 0.5) is 5.69 Å². The van der Waals surface area contributed by atoms with Gasteiger partial charge in [0.25, 0.3) is 5.91 Å². The number of nitrogens with one attached hydrogen (secondary N) is 1. The van der Waals surface area contributed by atoms with Crippen LogP contribution in [0, 0.1) is 10.1 Å². The van der Waals surface area contributed by atoms with E-state index in [2.05, 4.69) is 10.3 Å². The molecule has 110 valence electrons. The monoisotopic (exact) mass is 301 g/mol. The molecule has 0 saturated carbocycles. The second kappa shape index (κ2) is 8.44. The topological polar surface area (TPSA) is 105 Å². The van der Waals surface area contributed by atoms with Crippen molar-refractivity contribution in [2.45, 2.75) is 25.7 Å². The number of hydrogen-bond donors (Lipinski definition) is 2. The first-order chi connectivity index (χ1) is 9.57. The molecule has 1 heterocycles. The second-order valence-corrected chi connectivity index (χ2v) is 4.51. The van der Waals surface area contributed by atoms with Crippen LogP contribution in [0.25, 0.3) is 0 Å². The molecule has 2 N–H and O–H groups in total. The van der Waals surface area contributed by atoms with Crippen LogP contribution < -0.4 is 5.32 Å². The van der Waals surface area contributed by atoms with Gasteiger partial charge >= 0.3 is 5.69 Å². The van der Waals surface area contributed by atoms with Crippen molar-refractivity contribution in [1.82, 2.24) is 10.3 Å². The van der Waals surface area contributed by atoms with Gasteiger partial charge in [-0.3, -0.25) is 14.9 Å². The van der Waals surface area contributed by atoms with E-state index in [1.54, 1.807) is 0 Å². The first-order valence-corrected chi connectivity index (χ1v) is 6.63. The lowest BCUT2D eigenvalue weighted by atomic mass is 10.2. The number of aromatic nitrogens is 1. The van der Waals surface area contributed by atoms with E-state index in [0.29, 0.717) is 6.54 Å². The van der Waals surface area contributed by atoms with Crippen molar-refractivity contribution >= 4 is 23.2 Å². The summed E-state index contributed by atoms with van der Waals surface area (Å²) in [5.74, 6) is -0.539. The summed E-state index contributed by atoms with van der Waals surface area (Å²) in [6, 6.07) is 1.27. The summed E-state index contributed by atoms with van der Waals surface area (Å²) < 4.78 is 0. The van der Waals surface area contributed by atoms with Crippen LogP contribution in [-0.4, -0.2) is 34.1 Å². The standard InChI is InChI=1S/C12H16ClN3O4/c13-11-10(16(19)20)9(5-7-14-11)12(18)15-6-3-1-2-4-8-17/h5,7,17H,1-4,6,8H2,(H,15,18). The summed E-state index contributed by atoms with van der Waals surface area (Å²) >= 11 is 5.63. The highest BCUT2D eigenvalue weighted by Crippen LogP contribution is 2.25. The number of rotatable bonds is 8. The third-order valence-corrected chi connectivity index (χ3v) is 2.95. The quantitative estimate of drug-likeness (QED) is 0.330. The molecule has 20 heavy (non-hydrogen) atoms. The Kier molecular flexibility index (Phi) is 6.89. The van der Waals surface area contributed by atoms with Gasteiger partial charge in [-0.05, 0) is 18.9 Å². The molecule has 0 aliphatic carbocycles. The van der Waals surface area contributed by atoms with Gasteiger partial charge in [0.2, 0.25) is 5.15 Å². The van der Waals surface area contributed by atoms with E-state index in [-0.39, 0.29) is 17.3 Å². The fraction of sp³-hybridized carbons (Fsp3) is 0.500. The minimum atomic E-state index is -0.717. The summed E-state index contributed by atoms with van der Waals surface area (Å²) in [6.07, 6.45) is 4.50. The number of pyridine rings is 1. The number of unbranched alkanes of at least 4 members (excludes halogenated alkanes) is 3. The Morgan fingerprint density at radius 3 is 2.75 bits per heavy atom. The Morgan fingerprint density at radius 1 is 1.40 bits per heavy atom. The third-order valence-electron chi connectivity index (χ3n) is 2.68. The lowest BCUT2D eigenvalue weighted by Gasteiger charge is -2.06. The van der Waals surface area contributed by atoms with Crippen molar-refractivity contribution in [1.29, 1.82) is 0 Å². The number of amides is 1.